The first-order valence-corrected chi connectivity index (χ1v) is 23.4. The fraction of sp³-hybridized carbons (Fsp3) is 0. The molecule has 0 aliphatic heterocycles. The van der Waals surface area contributed by atoms with Gasteiger partial charge in [-0.2, -0.15) is 15.0 Å². The predicted octanol–water partition coefficient (Wildman–Crippen LogP) is 10.8. The minimum Gasteiger partial charge on any atom is -0.278 e. The van der Waals surface area contributed by atoms with Crippen molar-refractivity contribution in [1.29, 1.82) is 0 Å². The summed E-state index contributed by atoms with van der Waals surface area (Å²) in [4.78, 5) is 16.2. The van der Waals surface area contributed by atoms with Crippen LogP contribution in [-0.2, 0) is 0 Å². The molecule has 0 aliphatic rings. The van der Waals surface area contributed by atoms with Crippen LogP contribution >= 0.6 is 0 Å². The van der Waals surface area contributed by atoms with E-state index in [1.165, 1.54) is 26.3 Å². The largest absolute Gasteiger partial charge is 0.278 e. The van der Waals surface area contributed by atoms with E-state index in [1.54, 1.807) is 0 Å². The smallest absolute Gasteiger partial charge is 0.240 e. The molecule has 0 radical (unpaired) electrons. The fourth-order valence-electron chi connectivity index (χ4n) is 9.88. The number of hydrogen-bond acceptors (Lipinski definition) is 3. The molecule has 0 aliphatic carbocycles. The molecule has 12 aromatic rings. The highest BCUT2D eigenvalue weighted by molar-refractivity contribution is 7.20. The summed E-state index contributed by atoms with van der Waals surface area (Å²) in [5.74, 6) is 1.71. The van der Waals surface area contributed by atoms with Gasteiger partial charge in [0.25, 0.3) is 0 Å². The third-order valence-corrected chi connectivity index (χ3v) is 17.4. The van der Waals surface area contributed by atoms with Gasteiger partial charge < -0.3 is 0 Å². The molecular formula is C57H39N5Si. The van der Waals surface area contributed by atoms with E-state index >= 15 is 0 Å². The maximum Gasteiger partial charge on any atom is 0.240 e. The van der Waals surface area contributed by atoms with E-state index in [4.69, 9.17) is 15.0 Å². The molecule has 3 aromatic heterocycles. The van der Waals surface area contributed by atoms with Gasteiger partial charge >= 0.3 is 0 Å². The third kappa shape index (κ3) is 5.87. The van der Waals surface area contributed by atoms with E-state index in [1.807, 2.05) is 0 Å². The Kier molecular flexibility index (Phi) is 8.76. The van der Waals surface area contributed by atoms with Crippen molar-refractivity contribution in [3.63, 3.8) is 0 Å². The van der Waals surface area contributed by atoms with Gasteiger partial charge in [0.2, 0.25) is 11.9 Å². The minimum absolute atomic E-state index is 0.559. The van der Waals surface area contributed by atoms with Crippen LogP contribution in [0, 0.1) is 0 Å². The number of nitrogens with zero attached hydrogens (tertiary/aromatic N) is 5. The average molecular weight is 822 g/mol. The Morgan fingerprint density at radius 3 is 1.11 bits per heavy atom. The number of para-hydroxylation sites is 4. The lowest BCUT2D eigenvalue weighted by atomic mass is 10.0. The summed E-state index contributed by atoms with van der Waals surface area (Å²) in [6.45, 7) is 0. The maximum atomic E-state index is 5.40. The van der Waals surface area contributed by atoms with Crippen LogP contribution in [0.5, 0.6) is 0 Å². The van der Waals surface area contributed by atoms with Crippen molar-refractivity contribution < 1.29 is 0 Å². The van der Waals surface area contributed by atoms with Crippen LogP contribution in [0.2, 0.25) is 0 Å². The van der Waals surface area contributed by atoms with Crippen molar-refractivity contribution in [2.45, 2.75) is 0 Å². The molecule has 12 rings (SSSR count). The maximum absolute atomic E-state index is 5.40. The molecule has 0 fully saturated rings. The van der Waals surface area contributed by atoms with Crippen molar-refractivity contribution >= 4 is 72.4 Å². The van der Waals surface area contributed by atoms with Crippen LogP contribution in [0.4, 0.5) is 0 Å². The molecule has 5 nitrogen and oxygen atoms in total. The van der Waals surface area contributed by atoms with Crippen LogP contribution in [0.25, 0.3) is 78.0 Å². The topological polar surface area (TPSA) is 48.5 Å². The van der Waals surface area contributed by atoms with Gasteiger partial charge in [-0.25, -0.2) is 0 Å². The summed E-state index contributed by atoms with van der Waals surface area (Å²) >= 11 is 0. The highest BCUT2D eigenvalue weighted by Crippen LogP contribution is 2.35. The summed E-state index contributed by atoms with van der Waals surface area (Å²) in [5.41, 5.74) is 7.33. The molecule has 0 saturated carbocycles. The molecule has 0 spiro atoms. The summed E-state index contributed by atoms with van der Waals surface area (Å²) < 4.78 is 4.37. The zero-order chi connectivity index (χ0) is 41.7. The van der Waals surface area contributed by atoms with Crippen LogP contribution in [0.3, 0.4) is 0 Å². The van der Waals surface area contributed by atoms with E-state index in [9.17, 15) is 0 Å². The van der Waals surface area contributed by atoms with Crippen molar-refractivity contribution in [2.75, 3.05) is 0 Å². The lowest BCUT2D eigenvalue weighted by Crippen LogP contribution is -2.75. The quantitative estimate of drug-likeness (QED) is 0.113. The monoisotopic (exact) mass is 821 g/mol. The van der Waals surface area contributed by atoms with Gasteiger partial charge in [-0.15, -0.1) is 0 Å². The van der Waals surface area contributed by atoms with E-state index in [0.717, 1.165) is 54.7 Å². The Morgan fingerprint density at radius 2 is 0.667 bits per heavy atom. The first-order chi connectivity index (χ1) is 31.3. The van der Waals surface area contributed by atoms with Crippen LogP contribution in [0.15, 0.2) is 237 Å². The van der Waals surface area contributed by atoms with Gasteiger partial charge in [-0.3, -0.25) is 9.13 Å². The first kappa shape index (κ1) is 36.6. The Morgan fingerprint density at radius 1 is 0.302 bits per heavy atom. The summed E-state index contributed by atoms with van der Waals surface area (Å²) in [7, 11) is -2.87. The average Bonchev–Trinajstić information content (AvgIpc) is 3.89. The van der Waals surface area contributed by atoms with Crippen molar-refractivity contribution in [3.05, 3.63) is 237 Å². The summed E-state index contributed by atoms with van der Waals surface area (Å²) in [6.07, 6.45) is 0. The van der Waals surface area contributed by atoms with Gasteiger partial charge in [0, 0.05) is 27.1 Å². The van der Waals surface area contributed by atoms with Gasteiger partial charge in [-0.05, 0) is 62.2 Å². The Labute approximate surface area is 365 Å². The molecule has 0 bridgehead atoms. The fourth-order valence-corrected chi connectivity index (χ4v) is 14.9. The molecule has 0 saturated heterocycles. The Bertz CT molecular complexity index is 3300. The number of rotatable bonds is 8. The molecule has 63 heavy (non-hydrogen) atoms. The lowest BCUT2D eigenvalue weighted by molar-refractivity contribution is 0.893. The summed E-state index contributed by atoms with van der Waals surface area (Å²) in [5, 5.41) is 9.90. The van der Waals surface area contributed by atoms with Gasteiger partial charge in [0.15, 0.2) is 13.9 Å². The molecule has 0 atom stereocenters. The van der Waals surface area contributed by atoms with Crippen LogP contribution in [-0.4, -0.2) is 32.2 Å². The molecule has 296 valence electrons. The first-order valence-electron chi connectivity index (χ1n) is 21.4. The zero-order valence-corrected chi connectivity index (χ0v) is 35.3. The van der Waals surface area contributed by atoms with Gasteiger partial charge in [0.05, 0.1) is 22.1 Å². The molecule has 3 heterocycles. The number of benzene rings is 9. The molecule has 0 unspecified atom stereocenters. The van der Waals surface area contributed by atoms with Crippen molar-refractivity contribution in [1.82, 2.24) is 24.1 Å². The number of hydrogen-bond donors (Lipinski definition) is 0. The highest BCUT2D eigenvalue weighted by Gasteiger charge is 2.42. The number of fused-ring (bicyclic) bond motifs is 6. The molecule has 0 amide bonds. The summed E-state index contributed by atoms with van der Waals surface area (Å²) in [6, 6.07) is 85.1. The highest BCUT2D eigenvalue weighted by atomic mass is 28.3. The molecule has 6 heteroatoms. The Hall–Kier alpha value is -8.19. The van der Waals surface area contributed by atoms with Gasteiger partial charge in [-0.1, -0.05) is 206 Å². The van der Waals surface area contributed by atoms with E-state index in [-0.39, 0.29) is 0 Å². The van der Waals surface area contributed by atoms with Crippen molar-refractivity contribution in [3.8, 4) is 34.4 Å². The number of aromatic nitrogens is 5. The predicted molar refractivity (Wildman–Crippen MR) is 263 cm³/mol. The second kappa shape index (κ2) is 15.1. The normalized spacial score (nSPS) is 11.8. The second-order valence-corrected chi connectivity index (χ2v) is 19.7. The van der Waals surface area contributed by atoms with E-state index in [2.05, 4.69) is 246 Å². The Balaban J connectivity index is 1.12. The minimum atomic E-state index is -2.87. The molecule has 0 N–H and O–H groups in total. The van der Waals surface area contributed by atoms with Crippen LogP contribution in [0.1, 0.15) is 0 Å². The van der Waals surface area contributed by atoms with E-state index in [0.29, 0.717) is 17.7 Å². The van der Waals surface area contributed by atoms with Gasteiger partial charge in [0.1, 0.15) is 0 Å². The third-order valence-electron chi connectivity index (χ3n) is 12.6. The molecular weight excluding hydrogens is 783 g/mol. The van der Waals surface area contributed by atoms with E-state index < -0.39 is 8.07 Å². The zero-order valence-electron chi connectivity index (χ0n) is 34.3. The lowest BCUT2D eigenvalue weighted by Gasteiger charge is -2.36. The standard InChI is InChI=1S/C57H39N5Si/c1-4-23-42(24-5-1)63(43-25-6-2-7-26-43,44-27-8-3-9-28-44)54-38-19-14-29-45(54)40-21-20-22-41(39-40)55-58-56(61-50-34-15-10-30-46(50)47-31-11-16-35-51(47)61)60-57(59-55)62-52-36-17-12-32-48(52)49-33-13-18-37-53(49)62/h1-39H. The molecule has 9 aromatic carbocycles. The second-order valence-electron chi connectivity index (χ2n) is 16.0. The SMILES string of the molecule is c1ccc([Si](c2ccccc2)(c2ccccc2)c2ccccc2-c2cccc(-c3nc(-n4c5ccccc5c5ccccc54)nc(-n4c5ccccc5c5ccccc54)n3)c2)cc1. The van der Waals surface area contributed by atoms with Crippen molar-refractivity contribution in [2.24, 2.45) is 0 Å². The van der Waals surface area contributed by atoms with Crippen LogP contribution < -0.4 is 20.7 Å².